The molecule has 2 aromatic rings. The lowest BCUT2D eigenvalue weighted by atomic mass is 10.0. The molecule has 0 radical (unpaired) electrons. The molecule has 0 bridgehead atoms. The van der Waals surface area contributed by atoms with E-state index in [2.05, 4.69) is 6.07 Å². The molecule has 0 aliphatic rings. The molecule has 0 saturated heterocycles. The molecule has 2 N–H and O–H groups in total. The van der Waals surface area contributed by atoms with Gasteiger partial charge in [0.2, 0.25) is 0 Å². The summed E-state index contributed by atoms with van der Waals surface area (Å²) in [7, 11) is 1.58. The second kappa shape index (κ2) is 5.74. The monoisotopic (exact) mass is 250 g/mol. The molecule has 0 aliphatic heterocycles. The molecule has 0 aromatic heterocycles. The smallest absolute Gasteiger partial charge is 0.128 e. The second-order valence-electron chi connectivity index (χ2n) is 4.04. The van der Waals surface area contributed by atoms with E-state index in [9.17, 15) is 5.26 Å². The van der Waals surface area contributed by atoms with E-state index in [1.807, 2.05) is 36.4 Å². The minimum atomic E-state index is 0.587. The van der Waals surface area contributed by atoms with Crippen molar-refractivity contribution in [1.82, 2.24) is 0 Å². The summed E-state index contributed by atoms with van der Waals surface area (Å²) in [6.07, 6.45) is 1.80. The Morgan fingerprint density at radius 1 is 1.21 bits per heavy atom. The maximum Gasteiger partial charge on any atom is 0.128 e. The van der Waals surface area contributed by atoms with Crippen molar-refractivity contribution in [1.29, 1.82) is 5.26 Å². The van der Waals surface area contributed by atoms with E-state index < -0.39 is 0 Å². The number of ether oxygens (including phenoxy) is 1. The Kier molecular flexibility index (Phi) is 3.84. The first-order chi connectivity index (χ1) is 9.24. The number of benzene rings is 2. The third-order valence-corrected chi connectivity index (χ3v) is 2.76. The molecule has 0 atom stereocenters. The van der Waals surface area contributed by atoms with Gasteiger partial charge in [0, 0.05) is 17.3 Å². The average molecular weight is 250 g/mol. The third-order valence-electron chi connectivity index (χ3n) is 2.76. The predicted octanol–water partition coefficient (Wildman–Crippen LogP) is 3.34. The Morgan fingerprint density at radius 3 is 2.58 bits per heavy atom. The maximum atomic E-state index is 9.28. The van der Waals surface area contributed by atoms with Gasteiger partial charge in [-0.3, -0.25) is 0 Å². The molecule has 2 rings (SSSR count). The highest BCUT2D eigenvalue weighted by Gasteiger charge is 2.04. The minimum absolute atomic E-state index is 0.587. The summed E-state index contributed by atoms with van der Waals surface area (Å²) in [6, 6.07) is 17.1. The van der Waals surface area contributed by atoms with Crippen LogP contribution in [0.1, 0.15) is 11.1 Å². The van der Waals surface area contributed by atoms with Crippen molar-refractivity contribution >= 4 is 17.3 Å². The number of nitrogens with zero attached hydrogens (tertiary/aromatic N) is 1. The van der Waals surface area contributed by atoms with Crippen LogP contribution in [0.5, 0.6) is 5.75 Å². The van der Waals surface area contributed by atoms with Gasteiger partial charge in [-0.15, -0.1) is 0 Å². The van der Waals surface area contributed by atoms with Crippen LogP contribution in [0.15, 0.2) is 48.5 Å². The van der Waals surface area contributed by atoms with E-state index in [-0.39, 0.29) is 0 Å². The molecule has 0 unspecified atom stereocenters. The second-order valence-corrected chi connectivity index (χ2v) is 4.04. The van der Waals surface area contributed by atoms with Gasteiger partial charge in [0.05, 0.1) is 18.8 Å². The highest BCUT2D eigenvalue weighted by atomic mass is 16.5. The van der Waals surface area contributed by atoms with Gasteiger partial charge in [-0.25, -0.2) is 0 Å². The van der Waals surface area contributed by atoms with Crippen molar-refractivity contribution in [3.63, 3.8) is 0 Å². The number of nitrogen functional groups attached to an aromatic ring is 1. The maximum absolute atomic E-state index is 9.28. The summed E-state index contributed by atoms with van der Waals surface area (Å²) in [6.45, 7) is 0. The lowest BCUT2D eigenvalue weighted by molar-refractivity contribution is 0.414. The van der Waals surface area contributed by atoms with Crippen molar-refractivity contribution in [2.45, 2.75) is 0 Å². The summed E-state index contributed by atoms with van der Waals surface area (Å²) >= 11 is 0. The van der Waals surface area contributed by atoms with Crippen LogP contribution in [0, 0.1) is 11.3 Å². The number of allylic oxidation sites excluding steroid dienone is 1. The van der Waals surface area contributed by atoms with Gasteiger partial charge in [0.25, 0.3) is 0 Å². The summed E-state index contributed by atoms with van der Waals surface area (Å²) < 4.78 is 5.27. The van der Waals surface area contributed by atoms with Crippen LogP contribution >= 0.6 is 0 Å². The van der Waals surface area contributed by atoms with Crippen LogP contribution in [0.4, 0.5) is 5.69 Å². The van der Waals surface area contributed by atoms with Crippen molar-refractivity contribution in [2.24, 2.45) is 0 Å². The number of nitriles is 1. The highest BCUT2D eigenvalue weighted by Crippen LogP contribution is 2.26. The molecule has 0 saturated carbocycles. The Labute approximate surface area is 112 Å². The number of hydrogen-bond donors (Lipinski definition) is 1. The number of methoxy groups -OCH3 is 1. The zero-order valence-electron chi connectivity index (χ0n) is 10.6. The van der Waals surface area contributed by atoms with Crippen molar-refractivity contribution < 1.29 is 4.74 Å². The molecule has 3 nitrogen and oxygen atoms in total. The molecule has 0 amide bonds. The number of hydrogen-bond acceptors (Lipinski definition) is 3. The topological polar surface area (TPSA) is 59.0 Å². The van der Waals surface area contributed by atoms with Crippen LogP contribution in [0.3, 0.4) is 0 Å². The molecule has 0 fully saturated rings. The van der Waals surface area contributed by atoms with Crippen molar-refractivity contribution in [3.8, 4) is 11.8 Å². The molecule has 19 heavy (non-hydrogen) atoms. The van der Waals surface area contributed by atoms with Gasteiger partial charge < -0.3 is 10.5 Å². The standard InChI is InChI=1S/C16H14N2O/c1-19-16-10-15(18)8-7-13(16)9-14(11-17)12-5-3-2-4-6-12/h2-10H,18H2,1H3/b14-9-. The number of anilines is 1. The van der Waals surface area contributed by atoms with E-state index in [0.29, 0.717) is 17.0 Å². The molecule has 0 heterocycles. The Bertz CT molecular complexity index is 640. The van der Waals surface area contributed by atoms with Crippen LogP contribution in [0.2, 0.25) is 0 Å². The van der Waals surface area contributed by atoms with E-state index in [4.69, 9.17) is 10.5 Å². The SMILES string of the molecule is COc1cc(N)ccc1/C=C(/C#N)c1ccccc1. The van der Waals surface area contributed by atoms with Gasteiger partial charge in [-0.05, 0) is 23.8 Å². The number of rotatable bonds is 3. The predicted molar refractivity (Wildman–Crippen MR) is 77.3 cm³/mol. The van der Waals surface area contributed by atoms with Crippen molar-refractivity contribution in [3.05, 3.63) is 59.7 Å². The molecule has 94 valence electrons. The first-order valence-corrected chi connectivity index (χ1v) is 5.85. The van der Waals surface area contributed by atoms with Crippen LogP contribution in [0.25, 0.3) is 11.6 Å². The highest BCUT2D eigenvalue weighted by molar-refractivity contribution is 5.90. The molecule has 2 aromatic carbocycles. The fourth-order valence-corrected chi connectivity index (χ4v) is 1.80. The van der Waals surface area contributed by atoms with Crippen LogP contribution < -0.4 is 10.5 Å². The summed E-state index contributed by atoms with van der Waals surface area (Å²) in [5.41, 5.74) is 8.64. The van der Waals surface area contributed by atoms with E-state index in [0.717, 1.165) is 11.1 Å². The molecule has 0 aliphatic carbocycles. The lowest BCUT2D eigenvalue weighted by Gasteiger charge is -2.06. The zero-order valence-corrected chi connectivity index (χ0v) is 10.6. The quantitative estimate of drug-likeness (QED) is 0.516. The van der Waals surface area contributed by atoms with Gasteiger partial charge in [-0.1, -0.05) is 30.3 Å². The number of nitrogens with two attached hydrogens (primary N) is 1. The largest absolute Gasteiger partial charge is 0.496 e. The molecular weight excluding hydrogens is 236 g/mol. The first-order valence-electron chi connectivity index (χ1n) is 5.85. The molecule has 3 heteroatoms. The van der Waals surface area contributed by atoms with E-state index in [1.165, 1.54) is 0 Å². The van der Waals surface area contributed by atoms with Crippen molar-refractivity contribution in [2.75, 3.05) is 12.8 Å². The fraction of sp³-hybridized carbons (Fsp3) is 0.0625. The summed E-state index contributed by atoms with van der Waals surface area (Å²) in [4.78, 5) is 0. The van der Waals surface area contributed by atoms with Gasteiger partial charge in [0.15, 0.2) is 0 Å². The molecule has 0 spiro atoms. The zero-order chi connectivity index (χ0) is 13.7. The van der Waals surface area contributed by atoms with E-state index in [1.54, 1.807) is 25.3 Å². The molecular formula is C16H14N2O. The first kappa shape index (κ1) is 12.7. The normalized spacial score (nSPS) is 10.8. The Balaban J connectivity index is 2.48. The average Bonchev–Trinajstić information content (AvgIpc) is 2.46. The van der Waals surface area contributed by atoms with E-state index >= 15 is 0 Å². The minimum Gasteiger partial charge on any atom is -0.496 e. The van der Waals surface area contributed by atoms with Crippen LogP contribution in [-0.2, 0) is 0 Å². The Hall–Kier alpha value is -2.73. The van der Waals surface area contributed by atoms with Gasteiger partial charge >= 0.3 is 0 Å². The van der Waals surface area contributed by atoms with Crippen LogP contribution in [-0.4, -0.2) is 7.11 Å². The lowest BCUT2D eigenvalue weighted by Crippen LogP contribution is -1.91. The fourth-order valence-electron chi connectivity index (χ4n) is 1.80. The van der Waals surface area contributed by atoms with Gasteiger partial charge in [0.1, 0.15) is 5.75 Å². The summed E-state index contributed by atoms with van der Waals surface area (Å²) in [5.74, 6) is 0.656. The third kappa shape index (κ3) is 2.93. The Morgan fingerprint density at radius 2 is 1.95 bits per heavy atom. The summed E-state index contributed by atoms with van der Waals surface area (Å²) in [5, 5.41) is 9.28. The van der Waals surface area contributed by atoms with Gasteiger partial charge in [-0.2, -0.15) is 5.26 Å².